The van der Waals surface area contributed by atoms with Crippen molar-refractivity contribution in [3.63, 3.8) is 0 Å². The Morgan fingerprint density at radius 2 is 1.93 bits per heavy atom. The molecule has 0 aromatic carbocycles. The van der Waals surface area contributed by atoms with Crippen molar-refractivity contribution in [2.75, 3.05) is 6.54 Å². The SMILES string of the molecule is CC(C)(C)OC(=O)N[C@@H]1CCCCC/C=C\[C@@H]2C[C@]2(C(=O)O)NC(=O)C2C[C@H](n3ncc(Br)c(Br)c3=O)CN2C1=O. The lowest BCUT2D eigenvalue weighted by Gasteiger charge is -2.30. The Hall–Kier alpha value is -2.74. The number of alkyl carbamates (subject to hydrolysis) is 1. The number of ether oxygens (including phenoxy) is 1. The van der Waals surface area contributed by atoms with Gasteiger partial charge in [0.25, 0.3) is 5.56 Å². The van der Waals surface area contributed by atoms with Crippen LogP contribution in [0.3, 0.4) is 0 Å². The predicted molar refractivity (Wildman–Crippen MR) is 155 cm³/mol. The zero-order valence-electron chi connectivity index (χ0n) is 23.2. The fourth-order valence-corrected chi connectivity index (χ4v) is 5.93. The number of rotatable bonds is 3. The second-order valence-corrected chi connectivity index (χ2v) is 13.4. The van der Waals surface area contributed by atoms with E-state index in [-0.39, 0.29) is 29.8 Å². The fraction of sp³-hybridized carbons (Fsp3) is 0.630. The Bertz CT molecular complexity index is 1310. The van der Waals surface area contributed by atoms with E-state index in [1.165, 1.54) is 15.8 Å². The molecule has 14 heteroatoms. The normalized spacial score (nSPS) is 29.7. The highest BCUT2D eigenvalue weighted by molar-refractivity contribution is 9.13. The van der Waals surface area contributed by atoms with Crippen molar-refractivity contribution in [1.29, 1.82) is 0 Å². The lowest BCUT2D eigenvalue weighted by molar-refractivity contribution is -0.145. The summed E-state index contributed by atoms with van der Waals surface area (Å²) in [6, 6.07) is -2.73. The molecule has 1 saturated carbocycles. The third-order valence-electron chi connectivity index (χ3n) is 7.58. The summed E-state index contributed by atoms with van der Waals surface area (Å²) >= 11 is 6.50. The zero-order chi connectivity index (χ0) is 30.1. The van der Waals surface area contributed by atoms with Crippen LogP contribution in [0.2, 0.25) is 0 Å². The highest BCUT2D eigenvalue weighted by Gasteiger charge is 2.61. The van der Waals surface area contributed by atoms with E-state index < -0.39 is 58.7 Å². The number of nitrogens with one attached hydrogen (secondary N) is 2. The molecule has 4 rings (SSSR count). The molecule has 1 unspecified atom stereocenters. The van der Waals surface area contributed by atoms with Gasteiger partial charge in [-0.2, -0.15) is 5.10 Å². The number of aliphatic carboxylic acids is 1. The van der Waals surface area contributed by atoms with Gasteiger partial charge in [0.05, 0.1) is 16.7 Å². The summed E-state index contributed by atoms with van der Waals surface area (Å²) in [5.74, 6) is -2.64. The van der Waals surface area contributed by atoms with Crippen LogP contribution in [0, 0.1) is 5.92 Å². The number of fused-ring (bicyclic) bond motifs is 2. The fourth-order valence-electron chi connectivity index (χ4n) is 5.39. The van der Waals surface area contributed by atoms with Crippen molar-refractivity contribution in [3.05, 3.63) is 37.6 Å². The first-order valence-corrected chi connectivity index (χ1v) is 15.3. The first-order valence-electron chi connectivity index (χ1n) is 13.7. The second kappa shape index (κ2) is 12.2. The number of carboxylic acids is 1. The molecule has 0 radical (unpaired) electrons. The van der Waals surface area contributed by atoms with Crippen molar-refractivity contribution in [3.8, 4) is 0 Å². The van der Waals surface area contributed by atoms with Gasteiger partial charge in [-0.3, -0.25) is 14.4 Å². The van der Waals surface area contributed by atoms with Crippen LogP contribution in [-0.4, -0.2) is 73.4 Å². The summed E-state index contributed by atoms with van der Waals surface area (Å²) < 4.78 is 7.31. The number of aromatic nitrogens is 2. The van der Waals surface area contributed by atoms with Crippen LogP contribution in [0.25, 0.3) is 0 Å². The number of allylic oxidation sites excluding steroid dienone is 1. The van der Waals surface area contributed by atoms with Crippen molar-refractivity contribution in [2.45, 2.75) is 95.0 Å². The Morgan fingerprint density at radius 3 is 2.61 bits per heavy atom. The number of hydrogen-bond donors (Lipinski definition) is 3. The van der Waals surface area contributed by atoms with Gasteiger partial charge in [0.15, 0.2) is 0 Å². The number of carbonyl (C=O) groups excluding carboxylic acids is 3. The summed E-state index contributed by atoms with van der Waals surface area (Å²) in [4.78, 5) is 67.0. The van der Waals surface area contributed by atoms with Crippen LogP contribution in [0.1, 0.15) is 71.8 Å². The molecule has 1 aromatic heterocycles. The van der Waals surface area contributed by atoms with Crippen molar-refractivity contribution < 1.29 is 29.0 Å². The molecule has 1 aliphatic carbocycles. The third kappa shape index (κ3) is 7.02. The van der Waals surface area contributed by atoms with E-state index in [2.05, 4.69) is 47.6 Å². The van der Waals surface area contributed by atoms with Gasteiger partial charge in [0.2, 0.25) is 11.8 Å². The van der Waals surface area contributed by atoms with Crippen LogP contribution in [0.5, 0.6) is 0 Å². The highest BCUT2D eigenvalue weighted by Crippen LogP contribution is 2.45. The van der Waals surface area contributed by atoms with Crippen LogP contribution in [0.15, 0.2) is 32.1 Å². The average molecular weight is 701 g/mol. The van der Waals surface area contributed by atoms with E-state index >= 15 is 0 Å². The van der Waals surface area contributed by atoms with Crippen molar-refractivity contribution >= 4 is 55.7 Å². The number of amides is 3. The van der Waals surface area contributed by atoms with E-state index in [4.69, 9.17) is 4.74 Å². The summed E-state index contributed by atoms with van der Waals surface area (Å²) in [5, 5.41) is 19.6. The third-order valence-corrected chi connectivity index (χ3v) is 9.47. The summed E-state index contributed by atoms with van der Waals surface area (Å²) in [7, 11) is 0. The van der Waals surface area contributed by atoms with E-state index in [1.807, 2.05) is 12.2 Å². The average Bonchev–Trinajstić information content (AvgIpc) is 3.40. The van der Waals surface area contributed by atoms with Crippen LogP contribution >= 0.6 is 31.9 Å². The van der Waals surface area contributed by atoms with Crippen LogP contribution in [-0.2, 0) is 19.1 Å². The second-order valence-electron chi connectivity index (χ2n) is 11.8. The van der Waals surface area contributed by atoms with Gasteiger partial charge in [-0.05, 0) is 78.3 Å². The van der Waals surface area contributed by atoms with Crippen molar-refractivity contribution in [2.24, 2.45) is 5.92 Å². The quantitative estimate of drug-likeness (QED) is 0.405. The topological polar surface area (TPSA) is 160 Å². The maximum absolute atomic E-state index is 14.0. The van der Waals surface area contributed by atoms with E-state index in [0.29, 0.717) is 17.3 Å². The monoisotopic (exact) mass is 699 g/mol. The van der Waals surface area contributed by atoms with Gasteiger partial charge in [-0.1, -0.05) is 25.0 Å². The minimum Gasteiger partial charge on any atom is -0.479 e. The summed E-state index contributed by atoms with van der Waals surface area (Å²) in [5.41, 5.74) is -2.68. The minimum absolute atomic E-state index is 0.0339. The van der Waals surface area contributed by atoms with Gasteiger partial charge < -0.3 is 25.4 Å². The molecule has 3 N–H and O–H groups in total. The largest absolute Gasteiger partial charge is 0.479 e. The molecule has 5 atom stereocenters. The maximum Gasteiger partial charge on any atom is 0.408 e. The molecule has 1 saturated heterocycles. The molecular formula is C27H35Br2N5O7. The van der Waals surface area contributed by atoms with Crippen molar-refractivity contribution in [1.82, 2.24) is 25.3 Å². The lowest BCUT2D eigenvalue weighted by atomic mass is 10.0. The lowest BCUT2D eigenvalue weighted by Crippen LogP contribution is -2.56. The molecule has 0 spiro atoms. The Balaban J connectivity index is 1.69. The van der Waals surface area contributed by atoms with Gasteiger partial charge >= 0.3 is 12.1 Å². The number of nitrogens with zero attached hydrogens (tertiary/aromatic N) is 3. The standard InChI is InChI=1S/C27H35Br2N5O7/c1-26(2,3)41-25(40)31-18-10-8-6-4-5-7-9-15-12-27(15,24(38)39)32-21(35)19-11-16(14-33(19)22(18)36)34-23(37)20(29)17(28)13-30-34/h7,9,13,15-16,18-19H,4-6,8,10-12,14H2,1-3H3,(H,31,40)(H,32,35)(H,38,39)/b9-7-/t15-,16+,18-,19?,27+/m1/s1. The number of carbonyl (C=O) groups is 4. The molecule has 12 nitrogen and oxygen atoms in total. The first-order chi connectivity index (χ1) is 19.2. The number of halogens is 2. The van der Waals surface area contributed by atoms with Gasteiger partial charge in [0, 0.05) is 18.9 Å². The van der Waals surface area contributed by atoms with Gasteiger partial charge in [-0.25, -0.2) is 14.3 Å². The molecular weight excluding hydrogens is 666 g/mol. The van der Waals surface area contributed by atoms with Gasteiger partial charge in [-0.15, -0.1) is 0 Å². The molecule has 41 heavy (non-hydrogen) atoms. The van der Waals surface area contributed by atoms with E-state index in [1.54, 1.807) is 20.8 Å². The Labute approximate surface area is 254 Å². The van der Waals surface area contributed by atoms with Crippen LogP contribution < -0.4 is 16.2 Å². The van der Waals surface area contributed by atoms with E-state index in [0.717, 1.165) is 19.3 Å². The molecule has 0 bridgehead atoms. The molecule has 2 fully saturated rings. The Morgan fingerprint density at radius 1 is 1.20 bits per heavy atom. The molecule has 3 amide bonds. The predicted octanol–water partition coefficient (Wildman–Crippen LogP) is 3.28. The molecule has 3 heterocycles. The highest BCUT2D eigenvalue weighted by atomic mass is 79.9. The molecule has 224 valence electrons. The minimum atomic E-state index is -1.45. The van der Waals surface area contributed by atoms with Crippen LogP contribution in [0.4, 0.5) is 4.79 Å². The maximum atomic E-state index is 14.0. The number of carboxylic acid groups (broad SMARTS) is 1. The van der Waals surface area contributed by atoms with E-state index in [9.17, 15) is 29.1 Å². The molecule has 2 aliphatic heterocycles. The Kier molecular flexibility index (Phi) is 9.32. The molecule has 1 aromatic rings. The summed E-state index contributed by atoms with van der Waals surface area (Å²) in [6.45, 7) is 5.12. The zero-order valence-corrected chi connectivity index (χ0v) is 26.4. The first kappa shape index (κ1) is 31.2. The number of hydrogen-bond acceptors (Lipinski definition) is 7. The van der Waals surface area contributed by atoms with Gasteiger partial charge in [0.1, 0.15) is 27.7 Å². The smallest absolute Gasteiger partial charge is 0.408 e. The summed E-state index contributed by atoms with van der Waals surface area (Å²) in [6.07, 6.45) is 8.04. The molecule has 3 aliphatic rings.